The molecule has 2 atom stereocenters. The van der Waals surface area contributed by atoms with Crippen molar-refractivity contribution in [2.24, 2.45) is 4.99 Å². The molecule has 1 aliphatic heterocycles. The molecule has 142 valence electrons. The minimum Gasteiger partial charge on any atom is -0.508 e. The van der Waals surface area contributed by atoms with Gasteiger partial charge in [0.1, 0.15) is 17.7 Å². The van der Waals surface area contributed by atoms with Gasteiger partial charge < -0.3 is 5.11 Å². The van der Waals surface area contributed by atoms with Gasteiger partial charge in [0.15, 0.2) is 0 Å². The van der Waals surface area contributed by atoms with Crippen molar-refractivity contribution < 1.29 is 9.50 Å². The number of hydrogen-bond acceptors (Lipinski definition) is 3. The van der Waals surface area contributed by atoms with E-state index in [9.17, 15) is 9.50 Å². The van der Waals surface area contributed by atoms with Gasteiger partial charge >= 0.3 is 0 Å². The van der Waals surface area contributed by atoms with Crippen LogP contribution < -0.4 is 5.32 Å². The molecule has 0 saturated carbocycles. The van der Waals surface area contributed by atoms with Crippen LogP contribution in [0.1, 0.15) is 35.3 Å². The second-order valence-corrected chi connectivity index (χ2v) is 8.02. The molecule has 3 aromatic rings. The highest BCUT2D eigenvalue weighted by Gasteiger charge is 2.27. The number of benzene rings is 3. The molecule has 2 N–H and O–H groups in total. The normalized spacial score (nSPS) is 19.3. The summed E-state index contributed by atoms with van der Waals surface area (Å²) in [5.41, 5.74) is 3.50. The molecule has 0 radical (unpaired) electrons. The van der Waals surface area contributed by atoms with E-state index >= 15 is 0 Å². The molecule has 0 spiro atoms. The summed E-state index contributed by atoms with van der Waals surface area (Å²) >= 11 is 9.50. The van der Waals surface area contributed by atoms with Crippen molar-refractivity contribution in [1.82, 2.24) is 5.32 Å². The largest absolute Gasteiger partial charge is 0.508 e. The van der Waals surface area contributed by atoms with Crippen LogP contribution in [0.5, 0.6) is 5.75 Å². The number of phenols is 1. The molecule has 0 amide bonds. The summed E-state index contributed by atoms with van der Waals surface area (Å²) in [7, 11) is 0. The third-order valence-electron chi connectivity index (χ3n) is 4.77. The molecule has 28 heavy (non-hydrogen) atoms. The maximum atomic E-state index is 13.4. The summed E-state index contributed by atoms with van der Waals surface area (Å²) in [5, 5.41) is 14.5. The van der Waals surface area contributed by atoms with Crippen molar-refractivity contribution >= 4 is 33.2 Å². The van der Waals surface area contributed by atoms with Crippen LogP contribution >= 0.6 is 27.5 Å². The lowest BCUT2D eigenvalue weighted by atomic mass is 9.93. The van der Waals surface area contributed by atoms with E-state index in [0.29, 0.717) is 11.4 Å². The number of hydrogen-bond donors (Lipinski definition) is 2. The molecule has 0 bridgehead atoms. The zero-order chi connectivity index (χ0) is 19.7. The Bertz CT molecular complexity index is 1020. The molecule has 0 aromatic heterocycles. The first-order valence-corrected chi connectivity index (χ1v) is 9.99. The van der Waals surface area contributed by atoms with Crippen LogP contribution in [-0.2, 0) is 0 Å². The van der Waals surface area contributed by atoms with Crippen LogP contribution in [0.25, 0.3) is 0 Å². The van der Waals surface area contributed by atoms with E-state index < -0.39 is 0 Å². The minimum atomic E-state index is -0.358. The van der Waals surface area contributed by atoms with Gasteiger partial charge in [0.2, 0.25) is 0 Å². The maximum absolute atomic E-state index is 13.4. The van der Waals surface area contributed by atoms with Crippen molar-refractivity contribution in [2.75, 3.05) is 0 Å². The van der Waals surface area contributed by atoms with E-state index in [-0.39, 0.29) is 23.8 Å². The van der Waals surface area contributed by atoms with Crippen LogP contribution in [-0.4, -0.2) is 10.8 Å². The highest BCUT2D eigenvalue weighted by Crippen LogP contribution is 2.36. The summed E-state index contributed by atoms with van der Waals surface area (Å²) in [5.74, 6) is -0.0708. The summed E-state index contributed by atoms with van der Waals surface area (Å²) < 4.78 is 14.3. The minimum absolute atomic E-state index is 0.157. The summed E-state index contributed by atoms with van der Waals surface area (Å²) in [6.45, 7) is 0. The highest BCUT2D eigenvalue weighted by atomic mass is 79.9. The van der Waals surface area contributed by atoms with Crippen molar-refractivity contribution in [3.05, 3.63) is 98.7 Å². The Morgan fingerprint density at radius 1 is 1.04 bits per heavy atom. The Morgan fingerprint density at radius 3 is 2.46 bits per heavy atom. The Kier molecular flexibility index (Phi) is 5.49. The number of aromatic hydroxyl groups is 1. The van der Waals surface area contributed by atoms with Crippen molar-refractivity contribution in [3.8, 4) is 5.75 Å². The molecule has 3 aromatic carbocycles. The van der Waals surface area contributed by atoms with E-state index in [1.54, 1.807) is 24.3 Å². The quantitative estimate of drug-likeness (QED) is 0.492. The number of nitrogens with zero attached hydrogens (tertiary/aromatic N) is 1. The molecular weight excluding hydrogens is 443 g/mol. The smallest absolute Gasteiger partial charge is 0.126 e. The van der Waals surface area contributed by atoms with Gasteiger partial charge in [0, 0.05) is 33.2 Å². The number of halogens is 3. The number of aliphatic imine (C=N–C) groups is 1. The Hall–Kier alpha value is -2.21. The van der Waals surface area contributed by atoms with Gasteiger partial charge in [-0.2, -0.15) is 0 Å². The molecule has 1 heterocycles. The molecule has 0 saturated heterocycles. The van der Waals surface area contributed by atoms with Crippen LogP contribution in [0.2, 0.25) is 5.02 Å². The maximum Gasteiger partial charge on any atom is 0.126 e. The topological polar surface area (TPSA) is 44.6 Å². The van der Waals surface area contributed by atoms with Crippen molar-refractivity contribution in [2.45, 2.75) is 18.6 Å². The molecule has 2 unspecified atom stereocenters. The predicted octanol–water partition coefficient (Wildman–Crippen LogP) is 6.17. The lowest BCUT2D eigenvalue weighted by Gasteiger charge is -2.31. The SMILES string of the molecule is Oc1ccc(Br)cc1C1CC(c2ccc(Cl)cc2)=NC(c2ccc(F)cc2)N1. The fourth-order valence-electron chi connectivity index (χ4n) is 3.34. The first-order chi connectivity index (χ1) is 13.5. The molecule has 0 fully saturated rings. The van der Waals surface area contributed by atoms with E-state index in [1.165, 1.54) is 12.1 Å². The standard InChI is InChI=1S/C22H17BrClFN2O/c23-15-5-10-21(28)18(11-15)20-12-19(13-1-6-16(24)7-2-13)26-22(27-20)14-3-8-17(25)9-4-14/h1-11,20,22,27-28H,12H2. The number of nitrogens with one attached hydrogen (secondary N) is 1. The van der Waals surface area contributed by atoms with E-state index in [2.05, 4.69) is 21.2 Å². The van der Waals surface area contributed by atoms with Gasteiger partial charge in [-0.15, -0.1) is 0 Å². The van der Waals surface area contributed by atoms with Gasteiger partial charge in [-0.05, 0) is 53.6 Å². The van der Waals surface area contributed by atoms with Gasteiger partial charge in [-0.3, -0.25) is 10.3 Å². The number of phenolic OH excluding ortho intramolecular Hbond substituents is 1. The fraction of sp³-hybridized carbons (Fsp3) is 0.136. The molecule has 3 nitrogen and oxygen atoms in total. The molecule has 6 heteroatoms. The molecule has 1 aliphatic rings. The summed E-state index contributed by atoms with van der Waals surface area (Å²) in [4.78, 5) is 4.86. The van der Waals surface area contributed by atoms with Gasteiger partial charge in [-0.1, -0.05) is 51.8 Å². The molecule has 0 aliphatic carbocycles. The van der Waals surface area contributed by atoms with Crippen molar-refractivity contribution in [1.29, 1.82) is 0 Å². The number of rotatable bonds is 3. The highest BCUT2D eigenvalue weighted by molar-refractivity contribution is 9.10. The lowest BCUT2D eigenvalue weighted by molar-refractivity contribution is 0.412. The average molecular weight is 460 g/mol. The first kappa shape index (κ1) is 19.1. The van der Waals surface area contributed by atoms with E-state index in [4.69, 9.17) is 16.6 Å². The predicted molar refractivity (Wildman–Crippen MR) is 113 cm³/mol. The summed E-state index contributed by atoms with van der Waals surface area (Å²) in [6, 6.07) is 19.0. The zero-order valence-electron chi connectivity index (χ0n) is 14.7. The van der Waals surface area contributed by atoms with Crippen LogP contribution in [0.15, 0.2) is 76.2 Å². The van der Waals surface area contributed by atoms with Crippen molar-refractivity contribution in [3.63, 3.8) is 0 Å². The van der Waals surface area contributed by atoms with Crippen LogP contribution in [0.3, 0.4) is 0 Å². The Morgan fingerprint density at radius 2 is 1.75 bits per heavy atom. The van der Waals surface area contributed by atoms with Crippen LogP contribution in [0, 0.1) is 5.82 Å². The van der Waals surface area contributed by atoms with E-state index in [0.717, 1.165) is 26.9 Å². The Labute approximate surface area is 176 Å². The molecular formula is C22H17BrClFN2O. The lowest BCUT2D eigenvalue weighted by Crippen LogP contribution is -2.33. The van der Waals surface area contributed by atoms with E-state index in [1.807, 2.05) is 30.3 Å². The second-order valence-electron chi connectivity index (χ2n) is 6.66. The molecule has 4 rings (SSSR count). The Balaban J connectivity index is 1.76. The van der Waals surface area contributed by atoms with Gasteiger partial charge in [0.05, 0.1) is 0 Å². The second kappa shape index (κ2) is 8.03. The average Bonchev–Trinajstić information content (AvgIpc) is 2.70. The van der Waals surface area contributed by atoms with Gasteiger partial charge in [-0.25, -0.2) is 4.39 Å². The summed E-state index contributed by atoms with van der Waals surface area (Å²) in [6.07, 6.45) is 0.243. The third-order valence-corrected chi connectivity index (χ3v) is 5.51. The fourth-order valence-corrected chi connectivity index (χ4v) is 3.85. The third kappa shape index (κ3) is 4.12. The first-order valence-electron chi connectivity index (χ1n) is 8.82. The van der Waals surface area contributed by atoms with Gasteiger partial charge in [0.25, 0.3) is 0 Å². The monoisotopic (exact) mass is 458 g/mol. The zero-order valence-corrected chi connectivity index (χ0v) is 17.1. The van der Waals surface area contributed by atoms with Crippen LogP contribution in [0.4, 0.5) is 4.39 Å².